The lowest BCUT2D eigenvalue weighted by Crippen LogP contribution is -2.26. The van der Waals surface area contributed by atoms with Gasteiger partial charge in [0.25, 0.3) is 0 Å². The van der Waals surface area contributed by atoms with Crippen molar-refractivity contribution in [1.82, 2.24) is 14.9 Å². The fourth-order valence-corrected chi connectivity index (χ4v) is 2.54. The topological polar surface area (TPSA) is 29.9 Å². The average Bonchev–Trinajstić information content (AvgIpc) is 2.92. The first kappa shape index (κ1) is 16.0. The monoisotopic (exact) mass is 309 g/mol. The van der Waals surface area contributed by atoms with Crippen LogP contribution in [0.25, 0.3) is 0 Å². The van der Waals surface area contributed by atoms with E-state index in [9.17, 15) is 4.39 Å². The Morgan fingerprint density at radius 3 is 2.81 bits per heavy atom. The molecule has 0 radical (unpaired) electrons. The minimum Gasteiger partial charge on any atom is -0.333 e. The van der Waals surface area contributed by atoms with Crippen molar-refractivity contribution in [3.05, 3.63) is 52.8 Å². The van der Waals surface area contributed by atoms with Gasteiger partial charge in [0.2, 0.25) is 0 Å². The number of hydrogen-bond acceptors (Lipinski definition) is 2. The number of aryl methyl sites for hydroxylation is 1. The summed E-state index contributed by atoms with van der Waals surface area (Å²) in [6.45, 7) is 6.01. The lowest BCUT2D eigenvalue weighted by atomic mass is 10.1. The molecule has 1 unspecified atom stereocenters. The smallest absolute Gasteiger partial charge is 0.141 e. The third-order valence-electron chi connectivity index (χ3n) is 3.35. The van der Waals surface area contributed by atoms with Crippen LogP contribution in [-0.4, -0.2) is 16.1 Å². The first-order valence-electron chi connectivity index (χ1n) is 7.36. The number of nitrogens with zero attached hydrogens (tertiary/aromatic N) is 2. The third-order valence-corrected chi connectivity index (χ3v) is 3.64. The summed E-state index contributed by atoms with van der Waals surface area (Å²) in [5.41, 5.74) is 0.929. The molecule has 2 aromatic rings. The molecule has 114 valence electrons. The van der Waals surface area contributed by atoms with Gasteiger partial charge in [0.1, 0.15) is 11.6 Å². The molecule has 5 heteroatoms. The number of imidazole rings is 1. The predicted molar refractivity (Wildman–Crippen MR) is 84.1 cm³/mol. The van der Waals surface area contributed by atoms with Crippen LogP contribution in [0.4, 0.5) is 4.39 Å². The highest BCUT2D eigenvalue weighted by atomic mass is 35.5. The van der Waals surface area contributed by atoms with E-state index in [1.807, 2.05) is 6.20 Å². The maximum Gasteiger partial charge on any atom is 0.141 e. The van der Waals surface area contributed by atoms with E-state index in [2.05, 4.69) is 28.7 Å². The van der Waals surface area contributed by atoms with Crippen molar-refractivity contribution in [2.24, 2.45) is 0 Å². The van der Waals surface area contributed by atoms with Crippen LogP contribution in [-0.2, 0) is 6.54 Å². The van der Waals surface area contributed by atoms with Gasteiger partial charge in [-0.15, -0.1) is 0 Å². The summed E-state index contributed by atoms with van der Waals surface area (Å²) in [6, 6.07) is 4.77. The summed E-state index contributed by atoms with van der Waals surface area (Å²) in [6.07, 6.45) is 5.83. The molecule has 3 nitrogen and oxygen atoms in total. The molecule has 0 aliphatic heterocycles. The highest BCUT2D eigenvalue weighted by Crippen LogP contribution is 2.25. The van der Waals surface area contributed by atoms with Crippen LogP contribution in [0.15, 0.2) is 30.6 Å². The number of benzene rings is 1. The molecule has 0 amide bonds. The summed E-state index contributed by atoms with van der Waals surface area (Å²) in [5.74, 6) is 0.541. The van der Waals surface area contributed by atoms with E-state index in [-0.39, 0.29) is 11.1 Å². The molecule has 1 N–H and O–H groups in total. The molecule has 0 aliphatic carbocycles. The van der Waals surface area contributed by atoms with Gasteiger partial charge in [-0.05, 0) is 37.1 Å². The molecule has 1 aromatic heterocycles. The first-order valence-corrected chi connectivity index (χ1v) is 7.74. The molecule has 1 atom stereocenters. The van der Waals surface area contributed by atoms with Gasteiger partial charge in [-0.25, -0.2) is 9.37 Å². The Labute approximate surface area is 130 Å². The number of nitrogens with one attached hydrogen (secondary N) is 1. The fourth-order valence-electron chi connectivity index (χ4n) is 2.35. The second-order valence-corrected chi connectivity index (χ2v) is 5.45. The molecule has 21 heavy (non-hydrogen) atoms. The molecular formula is C16H21ClFN3. The van der Waals surface area contributed by atoms with Crippen LogP contribution in [0, 0.1) is 5.82 Å². The van der Waals surface area contributed by atoms with Crippen LogP contribution < -0.4 is 5.32 Å². The van der Waals surface area contributed by atoms with E-state index < -0.39 is 5.82 Å². The normalized spacial score (nSPS) is 12.6. The highest BCUT2D eigenvalue weighted by Gasteiger charge is 2.19. The Morgan fingerprint density at radius 2 is 2.14 bits per heavy atom. The summed E-state index contributed by atoms with van der Waals surface area (Å²) in [7, 11) is 0. The van der Waals surface area contributed by atoms with Gasteiger partial charge < -0.3 is 9.88 Å². The lowest BCUT2D eigenvalue weighted by molar-refractivity contribution is 0.529. The molecule has 0 fully saturated rings. The Morgan fingerprint density at radius 1 is 1.33 bits per heavy atom. The summed E-state index contributed by atoms with van der Waals surface area (Å²) in [4.78, 5) is 4.48. The second-order valence-electron chi connectivity index (χ2n) is 5.04. The Hall–Kier alpha value is -1.39. The van der Waals surface area contributed by atoms with Crippen molar-refractivity contribution in [2.45, 2.75) is 39.3 Å². The van der Waals surface area contributed by atoms with Crippen LogP contribution in [0.1, 0.15) is 44.1 Å². The zero-order valence-corrected chi connectivity index (χ0v) is 13.2. The SMILES string of the molecule is CCCNC(c1ccc(F)c(Cl)c1)c1nccn1CCC. The summed E-state index contributed by atoms with van der Waals surface area (Å²) in [5, 5.41) is 3.61. The third kappa shape index (κ3) is 3.83. The van der Waals surface area contributed by atoms with Gasteiger partial charge in [0.15, 0.2) is 0 Å². The van der Waals surface area contributed by atoms with E-state index in [0.717, 1.165) is 37.3 Å². The molecule has 0 spiro atoms. The van der Waals surface area contributed by atoms with Crippen LogP contribution >= 0.6 is 11.6 Å². The van der Waals surface area contributed by atoms with Crippen molar-refractivity contribution in [2.75, 3.05) is 6.54 Å². The van der Waals surface area contributed by atoms with Gasteiger partial charge in [-0.1, -0.05) is 31.5 Å². The number of aromatic nitrogens is 2. The molecule has 2 rings (SSSR count). The molecule has 1 aromatic carbocycles. The van der Waals surface area contributed by atoms with E-state index in [0.29, 0.717) is 0 Å². The lowest BCUT2D eigenvalue weighted by Gasteiger charge is -2.20. The Kier molecular flexibility index (Phi) is 5.76. The zero-order chi connectivity index (χ0) is 15.2. The van der Waals surface area contributed by atoms with Crippen molar-refractivity contribution in [1.29, 1.82) is 0 Å². The predicted octanol–water partition coefficient (Wildman–Crippen LogP) is 4.17. The van der Waals surface area contributed by atoms with Gasteiger partial charge in [-0.3, -0.25) is 0 Å². The Bertz CT molecular complexity index is 583. The summed E-state index contributed by atoms with van der Waals surface area (Å²) < 4.78 is 15.5. The zero-order valence-electron chi connectivity index (χ0n) is 12.4. The molecule has 1 heterocycles. The minimum absolute atomic E-state index is 0.0791. The Balaban J connectivity index is 2.37. The van der Waals surface area contributed by atoms with Gasteiger partial charge >= 0.3 is 0 Å². The van der Waals surface area contributed by atoms with E-state index in [1.54, 1.807) is 18.3 Å². The first-order chi connectivity index (χ1) is 10.2. The van der Waals surface area contributed by atoms with Crippen molar-refractivity contribution < 1.29 is 4.39 Å². The maximum absolute atomic E-state index is 13.4. The fraction of sp³-hybridized carbons (Fsp3) is 0.438. The molecule has 0 saturated carbocycles. The number of rotatable bonds is 7. The van der Waals surface area contributed by atoms with Crippen LogP contribution in [0.2, 0.25) is 5.02 Å². The molecule has 0 saturated heterocycles. The van der Waals surface area contributed by atoms with Gasteiger partial charge in [0, 0.05) is 18.9 Å². The summed E-state index contributed by atoms with van der Waals surface area (Å²) >= 11 is 5.92. The van der Waals surface area contributed by atoms with Crippen LogP contribution in [0.5, 0.6) is 0 Å². The van der Waals surface area contributed by atoms with Crippen molar-refractivity contribution >= 4 is 11.6 Å². The van der Waals surface area contributed by atoms with Crippen LogP contribution in [0.3, 0.4) is 0 Å². The van der Waals surface area contributed by atoms with Crippen molar-refractivity contribution in [3.63, 3.8) is 0 Å². The standard InChI is InChI=1S/C16H21ClFN3/c1-3-7-19-15(12-5-6-14(18)13(17)11-12)16-20-8-10-21(16)9-4-2/h5-6,8,10-11,15,19H,3-4,7,9H2,1-2H3. The largest absolute Gasteiger partial charge is 0.333 e. The van der Waals surface area contributed by atoms with Crippen molar-refractivity contribution in [3.8, 4) is 0 Å². The highest BCUT2D eigenvalue weighted by molar-refractivity contribution is 6.30. The number of halogens is 2. The molecule has 0 aliphatic rings. The number of hydrogen-bond donors (Lipinski definition) is 1. The second kappa shape index (κ2) is 7.57. The van der Waals surface area contributed by atoms with E-state index >= 15 is 0 Å². The van der Waals surface area contributed by atoms with E-state index in [1.165, 1.54) is 6.07 Å². The molecule has 0 bridgehead atoms. The average molecular weight is 310 g/mol. The minimum atomic E-state index is -0.397. The van der Waals surface area contributed by atoms with Gasteiger partial charge in [0.05, 0.1) is 11.1 Å². The maximum atomic E-state index is 13.4. The van der Waals surface area contributed by atoms with E-state index in [4.69, 9.17) is 11.6 Å². The quantitative estimate of drug-likeness (QED) is 0.831. The van der Waals surface area contributed by atoms with Gasteiger partial charge in [-0.2, -0.15) is 0 Å². The molecular weight excluding hydrogens is 289 g/mol.